The third kappa shape index (κ3) is 2.78. The highest BCUT2D eigenvalue weighted by Gasteiger charge is 2.17. The van der Waals surface area contributed by atoms with E-state index < -0.39 is 0 Å². The van der Waals surface area contributed by atoms with Crippen molar-refractivity contribution < 1.29 is 4.79 Å². The van der Waals surface area contributed by atoms with Crippen molar-refractivity contribution in [2.24, 2.45) is 0 Å². The van der Waals surface area contributed by atoms with Crippen LogP contribution in [-0.4, -0.2) is 5.78 Å². The maximum atomic E-state index is 13.4. The predicted molar refractivity (Wildman–Crippen MR) is 117 cm³/mol. The van der Waals surface area contributed by atoms with E-state index in [-0.39, 0.29) is 5.78 Å². The Labute approximate surface area is 163 Å². The molecule has 0 aliphatic rings. The molecule has 0 bridgehead atoms. The van der Waals surface area contributed by atoms with Crippen molar-refractivity contribution in [3.63, 3.8) is 0 Å². The van der Waals surface area contributed by atoms with E-state index in [0.29, 0.717) is 5.56 Å². The summed E-state index contributed by atoms with van der Waals surface area (Å²) in [5.41, 5.74) is 3.51. The Hall–Kier alpha value is -3.71. The van der Waals surface area contributed by atoms with Crippen molar-refractivity contribution in [3.05, 3.63) is 120 Å². The Morgan fingerprint density at radius 3 is 1.89 bits per heavy atom. The second-order valence-corrected chi connectivity index (χ2v) is 6.97. The molecule has 1 nitrogen and oxygen atoms in total. The maximum Gasteiger partial charge on any atom is 0.193 e. The lowest BCUT2D eigenvalue weighted by atomic mass is 9.89. The lowest BCUT2D eigenvalue weighted by Gasteiger charge is -2.14. The normalized spacial score (nSPS) is 11.0. The van der Waals surface area contributed by atoms with Gasteiger partial charge in [0.05, 0.1) is 0 Å². The molecule has 0 saturated carbocycles. The molecule has 0 spiro atoms. The van der Waals surface area contributed by atoms with Crippen molar-refractivity contribution in [1.29, 1.82) is 0 Å². The fourth-order valence-electron chi connectivity index (χ4n) is 3.86. The maximum absolute atomic E-state index is 13.4. The van der Waals surface area contributed by atoms with Gasteiger partial charge in [-0.1, -0.05) is 97.1 Å². The highest BCUT2D eigenvalue weighted by molar-refractivity contribution is 6.16. The number of hydrogen-bond acceptors (Lipinski definition) is 1. The second kappa shape index (κ2) is 6.79. The molecular formula is C27H18O. The minimum absolute atomic E-state index is 0.0503. The molecule has 0 heterocycles. The highest BCUT2D eigenvalue weighted by Crippen LogP contribution is 2.35. The molecule has 0 aromatic heterocycles. The van der Waals surface area contributed by atoms with Crippen LogP contribution < -0.4 is 0 Å². The predicted octanol–water partition coefficient (Wildman–Crippen LogP) is 6.89. The molecule has 1 heteroatoms. The average molecular weight is 358 g/mol. The molecule has 132 valence electrons. The van der Waals surface area contributed by atoms with Crippen LogP contribution in [0.2, 0.25) is 0 Å². The largest absolute Gasteiger partial charge is 0.289 e. The van der Waals surface area contributed by atoms with Crippen LogP contribution in [0.1, 0.15) is 15.9 Å². The van der Waals surface area contributed by atoms with Gasteiger partial charge in [-0.3, -0.25) is 4.79 Å². The number of fused-ring (bicyclic) bond motifs is 2. The minimum atomic E-state index is 0.0503. The van der Waals surface area contributed by atoms with Crippen LogP contribution in [0, 0.1) is 0 Å². The van der Waals surface area contributed by atoms with Gasteiger partial charge in [0, 0.05) is 11.1 Å². The lowest BCUT2D eigenvalue weighted by Crippen LogP contribution is -2.04. The van der Waals surface area contributed by atoms with Gasteiger partial charge >= 0.3 is 0 Å². The second-order valence-electron chi connectivity index (χ2n) is 6.97. The summed E-state index contributed by atoms with van der Waals surface area (Å²) in [5.74, 6) is 0.0503. The molecule has 0 atom stereocenters. The molecule has 0 amide bonds. The van der Waals surface area contributed by atoms with Crippen LogP contribution in [0.5, 0.6) is 0 Å². The van der Waals surface area contributed by atoms with Crippen LogP contribution in [0.3, 0.4) is 0 Å². The summed E-state index contributed by atoms with van der Waals surface area (Å²) in [6, 6.07) is 36.5. The van der Waals surface area contributed by atoms with E-state index >= 15 is 0 Å². The quantitative estimate of drug-likeness (QED) is 0.321. The van der Waals surface area contributed by atoms with Crippen LogP contribution >= 0.6 is 0 Å². The third-order valence-corrected chi connectivity index (χ3v) is 5.25. The van der Waals surface area contributed by atoms with E-state index in [4.69, 9.17) is 0 Å². The molecule has 5 rings (SSSR count). The molecule has 0 radical (unpaired) electrons. The molecule has 5 aromatic rings. The van der Waals surface area contributed by atoms with E-state index in [2.05, 4.69) is 48.5 Å². The first-order valence-corrected chi connectivity index (χ1v) is 9.42. The van der Waals surface area contributed by atoms with Gasteiger partial charge < -0.3 is 0 Å². The van der Waals surface area contributed by atoms with Gasteiger partial charge in [0.2, 0.25) is 0 Å². The van der Waals surface area contributed by atoms with Gasteiger partial charge in [-0.25, -0.2) is 0 Å². The van der Waals surface area contributed by atoms with Crippen molar-refractivity contribution in [1.82, 2.24) is 0 Å². The summed E-state index contributed by atoms with van der Waals surface area (Å²) in [4.78, 5) is 13.4. The first-order chi connectivity index (χ1) is 13.8. The summed E-state index contributed by atoms with van der Waals surface area (Å²) in [6.07, 6.45) is 0. The number of benzene rings is 5. The Morgan fingerprint density at radius 1 is 0.500 bits per heavy atom. The Kier molecular flexibility index (Phi) is 3.99. The fraction of sp³-hybridized carbons (Fsp3) is 0. The zero-order valence-corrected chi connectivity index (χ0v) is 15.3. The van der Waals surface area contributed by atoms with E-state index in [9.17, 15) is 4.79 Å². The number of carbonyl (C=O) groups is 1. The number of hydrogen-bond donors (Lipinski definition) is 0. The van der Waals surface area contributed by atoms with Gasteiger partial charge in [-0.05, 0) is 44.8 Å². The Balaban J connectivity index is 1.83. The standard InChI is InChI=1S/C27H18O/c28-27(20-10-2-1-3-11-20)26-18-22-13-5-4-12-21(22)17-25(26)24-16-8-14-19-9-6-7-15-23(19)24/h1-18H. The molecule has 0 saturated heterocycles. The van der Waals surface area contributed by atoms with Gasteiger partial charge in [0.15, 0.2) is 5.78 Å². The Morgan fingerprint density at radius 2 is 1.11 bits per heavy atom. The van der Waals surface area contributed by atoms with Crippen LogP contribution in [-0.2, 0) is 0 Å². The summed E-state index contributed by atoms with van der Waals surface area (Å²) in [7, 11) is 0. The van der Waals surface area contributed by atoms with Gasteiger partial charge in [0.25, 0.3) is 0 Å². The molecular weight excluding hydrogens is 340 g/mol. The molecule has 28 heavy (non-hydrogen) atoms. The average Bonchev–Trinajstić information content (AvgIpc) is 2.78. The van der Waals surface area contributed by atoms with Crippen LogP contribution in [0.15, 0.2) is 109 Å². The molecule has 0 unspecified atom stereocenters. The van der Waals surface area contributed by atoms with E-state index in [0.717, 1.165) is 32.8 Å². The van der Waals surface area contributed by atoms with Crippen molar-refractivity contribution in [3.8, 4) is 11.1 Å². The molecule has 0 fully saturated rings. The number of carbonyl (C=O) groups excluding carboxylic acids is 1. The zero-order chi connectivity index (χ0) is 18.9. The van der Waals surface area contributed by atoms with Gasteiger partial charge in [0.1, 0.15) is 0 Å². The van der Waals surface area contributed by atoms with E-state index in [1.54, 1.807) is 0 Å². The summed E-state index contributed by atoms with van der Waals surface area (Å²) >= 11 is 0. The first-order valence-electron chi connectivity index (χ1n) is 9.42. The monoisotopic (exact) mass is 358 g/mol. The molecule has 5 aromatic carbocycles. The van der Waals surface area contributed by atoms with Crippen LogP contribution in [0.4, 0.5) is 0 Å². The third-order valence-electron chi connectivity index (χ3n) is 5.25. The van der Waals surface area contributed by atoms with E-state index in [1.165, 1.54) is 5.39 Å². The van der Waals surface area contributed by atoms with Gasteiger partial charge in [-0.2, -0.15) is 0 Å². The summed E-state index contributed by atoms with van der Waals surface area (Å²) in [6.45, 7) is 0. The fourth-order valence-corrected chi connectivity index (χ4v) is 3.86. The number of rotatable bonds is 3. The summed E-state index contributed by atoms with van der Waals surface area (Å²) < 4.78 is 0. The SMILES string of the molecule is O=C(c1ccccc1)c1cc2ccccc2cc1-c1cccc2ccccc12. The van der Waals surface area contributed by atoms with E-state index in [1.807, 2.05) is 60.7 Å². The van der Waals surface area contributed by atoms with Gasteiger partial charge in [-0.15, -0.1) is 0 Å². The zero-order valence-electron chi connectivity index (χ0n) is 15.3. The highest BCUT2D eigenvalue weighted by atomic mass is 16.1. The molecule has 0 aliphatic heterocycles. The lowest BCUT2D eigenvalue weighted by molar-refractivity contribution is 0.103. The Bertz CT molecular complexity index is 1310. The number of ketones is 1. The van der Waals surface area contributed by atoms with Crippen molar-refractivity contribution in [2.75, 3.05) is 0 Å². The minimum Gasteiger partial charge on any atom is -0.289 e. The molecule has 0 N–H and O–H groups in total. The summed E-state index contributed by atoms with van der Waals surface area (Å²) in [5, 5.41) is 4.54. The van der Waals surface area contributed by atoms with Crippen molar-refractivity contribution >= 4 is 27.3 Å². The van der Waals surface area contributed by atoms with Crippen molar-refractivity contribution in [2.45, 2.75) is 0 Å². The molecule has 0 aliphatic carbocycles. The van der Waals surface area contributed by atoms with Crippen LogP contribution in [0.25, 0.3) is 32.7 Å². The first kappa shape index (κ1) is 16.5. The smallest absolute Gasteiger partial charge is 0.193 e. The topological polar surface area (TPSA) is 17.1 Å².